The number of nitrogens with one attached hydrogen (secondary N) is 2. The highest BCUT2D eigenvalue weighted by Gasteiger charge is 2.21. The summed E-state index contributed by atoms with van der Waals surface area (Å²) < 4.78 is 17.1. The minimum Gasteiger partial charge on any atom is -0.493 e. The summed E-state index contributed by atoms with van der Waals surface area (Å²) >= 11 is 0. The molecule has 1 aliphatic carbocycles. The van der Waals surface area contributed by atoms with Crippen LogP contribution in [0.5, 0.6) is 11.5 Å². The number of rotatable bonds is 7. The molecular weight excluding hydrogens is 356 g/mol. The maximum absolute atomic E-state index is 12.2. The highest BCUT2D eigenvalue weighted by atomic mass is 35.5. The fraction of sp³-hybridized carbons (Fsp3) is 0.632. The number of carbonyl (C=O) groups excluding carboxylic acids is 1. The molecule has 2 aliphatic rings. The Labute approximate surface area is 161 Å². The molecule has 1 aromatic carbocycles. The molecule has 1 aromatic rings. The zero-order valence-electron chi connectivity index (χ0n) is 15.3. The predicted molar refractivity (Wildman–Crippen MR) is 102 cm³/mol. The second kappa shape index (κ2) is 10.6. The van der Waals surface area contributed by atoms with Crippen molar-refractivity contribution >= 4 is 18.3 Å². The first-order valence-corrected chi connectivity index (χ1v) is 9.16. The Kier molecular flexibility index (Phi) is 8.48. The van der Waals surface area contributed by atoms with Gasteiger partial charge in [0, 0.05) is 31.1 Å². The minimum absolute atomic E-state index is 0. The summed E-state index contributed by atoms with van der Waals surface area (Å²) in [4.78, 5) is 12.2. The van der Waals surface area contributed by atoms with Crippen molar-refractivity contribution in [3.05, 3.63) is 23.8 Å². The van der Waals surface area contributed by atoms with Crippen LogP contribution in [0.2, 0.25) is 0 Å². The highest BCUT2D eigenvalue weighted by Crippen LogP contribution is 2.34. The molecule has 1 saturated heterocycles. The van der Waals surface area contributed by atoms with E-state index in [4.69, 9.17) is 14.2 Å². The third-order valence-electron chi connectivity index (χ3n) is 4.77. The average molecular weight is 385 g/mol. The highest BCUT2D eigenvalue weighted by molar-refractivity contribution is 5.85. The van der Waals surface area contributed by atoms with E-state index in [9.17, 15) is 4.79 Å². The largest absolute Gasteiger partial charge is 0.493 e. The third-order valence-corrected chi connectivity index (χ3v) is 4.77. The number of hydrogen-bond donors (Lipinski definition) is 2. The van der Waals surface area contributed by atoms with Gasteiger partial charge in [0.05, 0.1) is 26.4 Å². The van der Waals surface area contributed by atoms with Crippen molar-refractivity contribution in [3.8, 4) is 11.5 Å². The molecule has 0 spiro atoms. The van der Waals surface area contributed by atoms with Crippen LogP contribution >= 0.6 is 12.4 Å². The summed E-state index contributed by atoms with van der Waals surface area (Å²) in [7, 11) is 1.65. The van der Waals surface area contributed by atoms with Gasteiger partial charge in [-0.2, -0.15) is 0 Å². The maximum Gasteiger partial charge on any atom is 0.221 e. The van der Waals surface area contributed by atoms with Crippen LogP contribution in [0.1, 0.15) is 37.7 Å². The Morgan fingerprint density at radius 1 is 1.35 bits per heavy atom. The summed E-state index contributed by atoms with van der Waals surface area (Å²) in [5, 5.41) is 6.29. The van der Waals surface area contributed by atoms with Crippen molar-refractivity contribution in [1.82, 2.24) is 10.6 Å². The molecule has 26 heavy (non-hydrogen) atoms. The molecule has 1 atom stereocenters. The normalized spacial score (nSPS) is 20.3. The summed E-state index contributed by atoms with van der Waals surface area (Å²) in [6.07, 6.45) is 5.25. The standard InChI is InChI=1S/C19H28N2O4.ClH/c1-23-17-8-4-5-14(19(17)25-16-6-2-3-7-16)12-21-18(22)11-15-13-24-10-9-20-15;/h4-5,8,15-16,20H,2-3,6-7,9-13H2,1H3,(H,21,22);1H. The van der Waals surface area contributed by atoms with Gasteiger partial charge in [0.25, 0.3) is 0 Å². The topological polar surface area (TPSA) is 68.8 Å². The lowest BCUT2D eigenvalue weighted by Gasteiger charge is -2.23. The van der Waals surface area contributed by atoms with Crippen LogP contribution < -0.4 is 20.1 Å². The van der Waals surface area contributed by atoms with Crippen LogP contribution in [0, 0.1) is 0 Å². The van der Waals surface area contributed by atoms with Crippen LogP contribution in [0.15, 0.2) is 18.2 Å². The molecule has 1 heterocycles. The number of methoxy groups -OCH3 is 1. The van der Waals surface area contributed by atoms with Crippen LogP contribution in [0.25, 0.3) is 0 Å². The van der Waals surface area contributed by atoms with E-state index < -0.39 is 0 Å². The lowest BCUT2D eigenvalue weighted by Crippen LogP contribution is -2.44. The molecule has 1 saturated carbocycles. The van der Waals surface area contributed by atoms with Crippen LogP contribution in [-0.2, 0) is 16.1 Å². The number of hydrogen-bond acceptors (Lipinski definition) is 5. The molecule has 3 rings (SSSR count). The van der Waals surface area contributed by atoms with Gasteiger partial charge in [-0.3, -0.25) is 4.79 Å². The summed E-state index contributed by atoms with van der Waals surface area (Å²) in [5.41, 5.74) is 0.951. The van der Waals surface area contributed by atoms with E-state index in [2.05, 4.69) is 10.6 Å². The summed E-state index contributed by atoms with van der Waals surface area (Å²) in [6, 6.07) is 5.90. The smallest absolute Gasteiger partial charge is 0.221 e. The monoisotopic (exact) mass is 384 g/mol. The Hall–Kier alpha value is -1.50. The Morgan fingerprint density at radius 2 is 2.15 bits per heavy atom. The van der Waals surface area contributed by atoms with Crippen molar-refractivity contribution in [3.63, 3.8) is 0 Å². The van der Waals surface area contributed by atoms with Crippen molar-refractivity contribution < 1.29 is 19.0 Å². The van der Waals surface area contributed by atoms with Crippen LogP contribution in [0.4, 0.5) is 0 Å². The number of carbonyl (C=O) groups is 1. The van der Waals surface area contributed by atoms with E-state index in [1.165, 1.54) is 12.8 Å². The lowest BCUT2D eigenvalue weighted by molar-refractivity contribution is -0.122. The first-order chi connectivity index (χ1) is 12.3. The molecule has 0 radical (unpaired) electrons. The summed E-state index contributed by atoms with van der Waals surface area (Å²) in [5.74, 6) is 1.50. The molecule has 146 valence electrons. The average Bonchev–Trinajstić information content (AvgIpc) is 3.15. The van der Waals surface area contributed by atoms with Gasteiger partial charge in [-0.05, 0) is 31.7 Å². The zero-order chi connectivity index (χ0) is 17.5. The minimum atomic E-state index is 0. The Balaban J connectivity index is 0.00000243. The lowest BCUT2D eigenvalue weighted by atomic mass is 10.1. The van der Waals surface area contributed by atoms with E-state index in [0.29, 0.717) is 26.2 Å². The van der Waals surface area contributed by atoms with Gasteiger partial charge in [0.2, 0.25) is 5.91 Å². The Morgan fingerprint density at radius 3 is 2.85 bits per heavy atom. The zero-order valence-corrected chi connectivity index (χ0v) is 16.1. The number of morpholine rings is 1. The molecule has 1 unspecified atom stereocenters. The van der Waals surface area contributed by atoms with Gasteiger partial charge in [0.1, 0.15) is 0 Å². The second-order valence-electron chi connectivity index (χ2n) is 6.68. The van der Waals surface area contributed by atoms with Gasteiger partial charge < -0.3 is 24.8 Å². The van der Waals surface area contributed by atoms with Gasteiger partial charge in [-0.15, -0.1) is 12.4 Å². The fourth-order valence-electron chi connectivity index (χ4n) is 3.41. The molecule has 1 amide bonds. The number of para-hydroxylation sites is 1. The number of halogens is 1. The van der Waals surface area contributed by atoms with Crippen molar-refractivity contribution in [2.75, 3.05) is 26.9 Å². The molecule has 7 heteroatoms. The molecule has 2 fully saturated rings. The van der Waals surface area contributed by atoms with Crippen molar-refractivity contribution in [2.24, 2.45) is 0 Å². The van der Waals surface area contributed by atoms with Gasteiger partial charge in [0.15, 0.2) is 11.5 Å². The van der Waals surface area contributed by atoms with E-state index in [0.717, 1.165) is 36.4 Å². The van der Waals surface area contributed by atoms with Gasteiger partial charge in [-0.25, -0.2) is 0 Å². The maximum atomic E-state index is 12.2. The van der Waals surface area contributed by atoms with E-state index >= 15 is 0 Å². The molecule has 2 N–H and O–H groups in total. The first-order valence-electron chi connectivity index (χ1n) is 9.16. The second-order valence-corrected chi connectivity index (χ2v) is 6.68. The first kappa shape index (κ1) is 20.8. The molecule has 1 aliphatic heterocycles. The fourth-order valence-corrected chi connectivity index (χ4v) is 3.41. The quantitative estimate of drug-likeness (QED) is 0.755. The van der Waals surface area contributed by atoms with E-state index in [-0.39, 0.29) is 30.5 Å². The molecule has 0 bridgehead atoms. The van der Waals surface area contributed by atoms with Gasteiger partial charge >= 0.3 is 0 Å². The molecule has 0 aromatic heterocycles. The number of amides is 1. The third kappa shape index (κ3) is 5.76. The number of benzene rings is 1. The van der Waals surface area contributed by atoms with E-state index in [1.807, 2.05) is 18.2 Å². The molecule has 6 nitrogen and oxygen atoms in total. The summed E-state index contributed by atoms with van der Waals surface area (Å²) in [6.45, 7) is 2.53. The molecular formula is C19H29ClN2O4. The predicted octanol–water partition coefficient (Wildman–Crippen LogP) is 2.43. The van der Waals surface area contributed by atoms with Crippen molar-refractivity contribution in [1.29, 1.82) is 0 Å². The van der Waals surface area contributed by atoms with Crippen LogP contribution in [0.3, 0.4) is 0 Å². The van der Waals surface area contributed by atoms with E-state index in [1.54, 1.807) is 7.11 Å². The number of ether oxygens (including phenoxy) is 3. The van der Waals surface area contributed by atoms with Gasteiger partial charge in [-0.1, -0.05) is 12.1 Å². The van der Waals surface area contributed by atoms with Crippen LogP contribution in [-0.4, -0.2) is 44.9 Å². The Bertz CT molecular complexity index is 573. The SMILES string of the molecule is COc1cccc(CNC(=O)CC2COCCN2)c1OC1CCCC1.Cl. The van der Waals surface area contributed by atoms with Crippen molar-refractivity contribution in [2.45, 2.75) is 50.8 Å².